The highest BCUT2D eigenvalue weighted by atomic mass is 32.2. The topological polar surface area (TPSA) is 89.3 Å². The van der Waals surface area contributed by atoms with Gasteiger partial charge in [-0.15, -0.1) is 11.8 Å². The number of nitrogens with one attached hydrogen (secondary N) is 1. The second-order valence-electron chi connectivity index (χ2n) is 11.1. The molecule has 0 spiro atoms. The van der Waals surface area contributed by atoms with Crippen molar-refractivity contribution in [2.24, 2.45) is 0 Å². The van der Waals surface area contributed by atoms with Crippen molar-refractivity contribution in [1.82, 2.24) is 20.1 Å². The first-order valence-corrected chi connectivity index (χ1v) is 14.6. The number of aryl methyl sites for hydroxylation is 1. The van der Waals surface area contributed by atoms with Gasteiger partial charge in [0.15, 0.2) is 0 Å². The summed E-state index contributed by atoms with van der Waals surface area (Å²) in [4.78, 5) is 33.0. The predicted molar refractivity (Wildman–Crippen MR) is 163 cm³/mol. The minimum absolute atomic E-state index is 0.134. The van der Waals surface area contributed by atoms with Crippen LogP contribution in [-0.2, 0) is 21.5 Å². The number of ether oxygens (including phenoxy) is 1. The molecule has 41 heavy (non-hydrogen) atoms. The van der Waals surface area contributed by atoms with Crippen molar-refractivity contribution in [3.05, 3.63) is 101 Å². The molecule has 0 unspecified atom stereocenters. The standard InChI is InChI=1S/C32H35N5O3S/c1-21-9-8-10-22(17-21)29-28-30(32(2,3)4)35-37(24-12-14-25(40-5)15-13-24)31(28)36(27(39)20-41-29)19-26(38)34-18-23-11-6-7-16-33-23/h6-17,29H,18-20H2,1-5H3,(H,34,38)/t29-/m0/s1. The molecule has 0 fully saturated rings. The molecular formula is C32H35N5O3S. The van der Waals surface area contributed by atoms with Crippen molar-refractivity contribution in [3.63, 3.8) is 0 Å². The molecule has 1 aliphatic rings. The van der Waals surface area contributed by atoms with Gasteiger partial charge in [0.25, 0.3) is 0 Å². The molecule has 4 aromatic rings. The Labute approximate surface area is 245 Å². The molecule has 2 aromatic heterocycles. The molecule has 0 aliphatic carbocycles. The highest BCUT2D eigenvalue weighted by Gasteiger charge is 2.40. The van der Waals surface area contributed by atoms with Crippen molar-refractivity contribution >= 4 is 29.4 Å². The van der Waals surface area contributed by atoms with E-state index in [2.05, 4.69) is 56.2 Å². The van der Waals surface area contributed by atoms with E-state index in [1.165, 1.54) is 0 Å². The molecule has 0 saturated carbocycles. The average Bonchev–Trinajstić information content (AvgIpc) is 3.30. The zero-order valence-electron chi connectivity index (χ0n) is 24.0. The lowest BCUT2D eigenvalue weighted by Gasteiger charge is -2.24. The van der Waals surface area contributed by atoms with E-state index >= 15 is 0 Å². The molecule has 3 heterocycles. The Balaban J connectivity index is 1.65. The highest BCUT2D eigenvalue weighted by Crippen LogP contribution is 2.48. The number of pyridine rings is 1. The first kappa shape index (κ1) is 28.4. The van der Waals surface area contributed by atoms with E-state index in [1.54, 1.807) is 30.0 Å². The molecule has 0 radical (unpaired) electrons. The number of rotatable bonds is 7. The number of benzene rings is 2. The minimum Gasteiger partial charge on any atom is -0.497 e. The minimum atomic E-state index is -0.329. The van der Waals surface area contributed by atoms with E-state index in [0.29, 0.717) is 5.82 Å². The van der Waals surface area contributed by atoms with Gasteiger partial charge < -0.3 is 10.1 Å². The highest BCUT2D eigenvalue weighted by molar-refractivity contribution is 8.00. The number of carbonyl (C=O) groups is 2. The second-order valence-corrected chi connectivity index (χ2v) is 12.2. The monoisotopic (exact) mass is 569 g/mol. The Bertz CT molecular complexity index is 1540. The summed E-state index contributed by atoms with van der Waals surface area (Å²) in [5.74, 6) is 1.16. The van der Waals surface area contributed by atoms with Crippen LogP contribution in [0.25, 0.3) is 5.69 Å². The SMILES string of the molecule is COc1ccc(-n2nc(C(C)(C)C)c3c2N(CC(=O)NCc2ccccn2)C(=O)CS[C@H]3c2cccc(C)c2)cc1. The number of hydrogen-bond acceptors (Lipinski definition) is 6. The fourth-order valence-electron chi connectivity index (χ4n) is 4.96. The second kappa shape index (κ2) is 11.8. The van der Waals surface area contributed by atoms with Crippen LogP contribution in [-0.4, -0.2) is 46.0 Å². The molecule has 1 N–H and O–H groups in total. The number of methoxy groups -OCH3 is 1. The number of carbonyl (C=O) groups excluding carboxylic acids is 2. The molecule has 0 saturated heterocycles. The Morgan fingerprint density at radius 1 is 1.10 bits per heavy atom. The van der Waals surface area contributed by atoms with Crippen LogP contribution in [0, 0.1) is 6.92 Å². The lowest BCUT2D eigenvalue weighted by molar-refractivity contribution is -0.123. The summed E-state index contributed by atoms with van der Waals surface area (Å²) in [7, 11) is 1.63. The maximum Gasteiger partial charge on any atom is 0.240 e. The maximum atomic E-state index is 13.8. The average molecular weight is 570 g/mol. The Kier molecular flexibility index (Phi) is 8.17. The predicted octanol–water partition coefficient (Wildman–Crippen LogP) is 5.37. The molecule has 2 amide bonds. The summed E-state index contributed by atoms with van der Waals surface area (Å²) in [6.45, 7) is 8.60. The van der Waals surface area contributed by atoms with Crippen LogP contribution in [0.4, 0.5) is 5.82 Å². The third-order valence-electron chi connectivity index (χ3n) is 6.96. The molecule has 0 bridgehead atoms. The van der Waals surface area contributed by atoms with Crippen LogP contribution in [0.2, 0.25) is 0 Å². The zero-order valence-corrected chi connectivity index (χ0v) is 24.9. The van der Waals surface area contributed by atoms with E-state index in [0.717, 1.165) is 39.5 Å². The van der Waals surface area contributed by atoms with Crippen molar-refractivity contribution in [1.29, 1.82) is 0 Å². The molecule has 8 nitrogen and oxygen atoms in total. The fraction of sp³-hybridized carbons (Fsp3) is 0.312. The lowest BCUT2D eigenvalue weighted by atomic mass is 9.87. The van der Waals surface area contributed by atoms with Crippen molar-refractivity contribution in [2.75, 3.05) is 24.3 Å². The third-order valence-corrected chi connectivity index (χ3v) is 8.21. The molecular weight excluding hydrogens is 534 g/mol. The van der Waals surface area contributed by atoms with Crippen LogP contribution in [0.15, 0.2) is 72.9 Å². The Morgan fingerprint density at radius 2 is 1.88 bits per heavy atom. The van der Waals surface area contributed by atoms with Crippen molar-refractivity contribution in [2.45, 2.75) is 44.9 Å². The number of anilines is 1. The smallest absolute Gasteiger partial charge is 0.240 e. The largest absolute Gasteiger partial charge is 0.497 e. The fourth-order valence-corrected chi connectivity index (χ4v) is 6.15. The van der Waals surface area contributed by atoms with Gasteiger partial charge in [-0.25, -0.2) is 4.68 Å². The van der Waals surface area contributed by atoms with Gasteiger partial charge >= 0.3 is 0 Å². The molecule has 5 rings (SSSR count). The van der Waals surface area contributed by atoms with Gasteiger partial charge in [-0.05, 0) is 48.9 Å². The molecule has 2 aromatic carbocycles. The summed E-state index contributed by atoms with van der Waals surface area (Å²) in [5, 5.41) is 7.93. The number of thioether (sulfide) groups is 1. The van der Waals surface area contributed by atoms with E-state index in [-0.39, 0.29) is 41.3 Å². The summed E-state index contributed by atoms with van der Waals surface area (Å²) in [6.07, 6.45) is 1.69. The van der Waals surface area contributed by atoms with Gasteiger partial charge in [-0.2, -0.15) is 5.10 Å². The molecule has 9 heteroatoms. The molecule has 1 atom stereocenters. The van der Waals surface area contributed by atoms with Crippen LogP contribution in [0.1, 0.15) is 54.1 Å². The zero-order chi connectivity index (χ0) is 29.1. The Morgan fingerprint density at radius 3 is 2.54 bits per heavy atom. The Hall–Kier alpha value is -4.11. The summed E-state index contributed by atoms with van der Waals surface area (Å²) < 4.78 is 7.20. The number of nitrogens with zero attached hydrogens (tertiary/aromatic N) is 4. The van der Waals surface area contributed by atoms with Crippen molar-refractivity contribution < 1.29 is 14.3 Å². The van der Waals surface area contributed by atoms with Gasteiger partial charge in [0.05, 0.1) is 41.7 Å². The van der Waals surface area contributed by atoms with Gasteiger partial charge in [0, 0.05) is 17.2 Å². The van der Waals surface area contributed by atoms with Crippen LogP contribution < -0.4 is 15.0 Å². The summed E-state index contributed by atoms with van der Waals surface area (Å²) in [6, 6.07) is 21.5. The van der Waals surface area contributed by atoms with E-state index in [1.807, 2.05) is 53.2 Å². The quantitative estimate of drug-likeness (QED) is 0.322. The number of amides is 2. The van der Waals surface area contributed by atoms with Crippen LogP contribution in [0.5, 0.6) is 5.75 Å². The first-order chi connectivity index (χ1) is 19.7. The van der Waals surface area contributed by atoms with E-state index < -0.39 is 0 Å². The first-order valence-electron chi connectivity index (χ1n) is 13.6. The van der Waals surface area contributed by atoms with Crippen molar-refractivity contribution in [3.8, 4) is 11.4 Å². The third kappa shape index (κ3) is 6.15. The van der Waals surface area contributed by atoms with Crippen LogP contribution >= 0.6 is 11.8 Å². The van der Waals surface area contributed by atoms with Gasteiger partial charge in [-0.1, -0.05) is 56.7 Å². The lowest BCUT2D eigenvalue weighted by Crippen LogP contribution is -2.42. The molecule has 1 aliphatic heterocycles. The summed E-state index contributed by atoms with van der Waals surface area (Å²) >= 11 is 1.58. The number of aromatic nitrogens is 3. The maximum absolute atomic E-state index is 13.8. The number of hydrogen-bond donors (Lipinski definition) is 1. The normalized spacial score (nSPS) is 15.3. The van der Waals surface area contributed by atoms with Gasteiger partial charge in [-0.3, -0.25) is 19.5 Å². The van der Waals surface area contributed by atoms with Gasteiger partial charge in [0.1, 0.15) is 18.1 Å². The number of fused-ring (bicyclic) bond motifs is 1. The van der Waals surface area contributed by atoms with E-state index in [4.69, 9.17) is 9.84 Å². The van der Waals surface area contributed by atoms with Gasteiger partial charge in [0.2, 0.25) is 11.8 Å². The molecule has 212 valence electrons. The summed E-state index contributed by atoms with van der Waals surface area (Å²) in [5.41, 5.74) is 5.28. The van der Waals surface area contributed by atoms with Crippen LogP contribution in [0.3, 0.4) is 0 Å². The van der Waals surface area contributed by atoms with E-state index in [9.17, 15) is 9.59 Å².